The fourth-order valence-electron chi connectivity index (χ4n) is 3.58. The van der Waals surface area contributed by atoms with Gasteiger partial charge in [-0.25, -0.2) is 4.79 Å². The summed E-state index contributed by atoms with van der Waals surface area (Å²) in [6, 6.07) is 6.39. The van der Waals surface area contributed by atoms with E-state index in [-0.39, 0.29) is 28.9 Å². The highest BCUT2D eigenvalue weighted by molar-refractivity contribution is 5.92. The number of benzene rings is 1. The van der Waals surface area contributed by atoms with Crippen LogP contribution in [0.15, 0.2) is 24.3 Å². The van der Waals surface area contributed by atoms with E-state index in [1.807, 2.05) is 6.92 Å². The van der Waals surface area contributed by atoms with Crippen LogP contribution in [-0.4, -0.2) is 28.4 Å². The SMILES string of the molecule is CC(C)[C@@H]1CC[C@@](C)(C(C)OC(=O)c2ccccc2O)C[C@H]1O. The van der Waals surface area contributed by atoms with Crippen molar-refractivity contribution >= 4 is 5.97 Å². The number of carbonyl (C=O) groups is 1. The van der Waals surface area contributed by atoms with E-state index in [9.17, 15) is 15.0 Å². The number of aromatic hydroxyl groups is 1. The highest BCUT2D eigenvalue weighted by atomic mass is 16.5. The fraction of sp³-hybridized carbons (Fsp3) is 0.632. The number of esters is 1. The summed E-state index contributed by atoms with van der Waals surface area (Å²) in [5, 5.41) is 20.2. The molecule has 0 aromatic heterocycles. The van der Waals surface area contributed by atoms with E-state index >= 15 is 0 Å². The quantitative estimate of drug-likeness (QED) is 0.829. The third-order valence-electron chi connectivity index (χ3n) is 5.46. The molecule has 2 N–H and O–H groups in total. The Morgan fingerprint density at radius 2 is 1.96 bits per heavy atom. The maximum absolute atomic E-state index is 12.3. The molecule has 1 fully saturated rings. The summed E-state index contributed by atoms with van der Waals surface area (Å²) < 4.78 is 5.59. The van der Waals surface area contributed by atoms with Crippen LogP contribution in [-0.2, 0) is 4.74 Å². The molecule has 0 bridgehead atoms. The maximum atomic E-state index is 12.3. The number of phenols is 1. The van der Waals surface area contributed by atoms with Crippen molar-refractivity contribution < 1.29 is 19.7 Å². The number of carbonyl (C=O) groups excluding carboxylic acids is 1. The molecule has 4 heteroatoms. The molecule has 4 atom stereocenters. The molecule has 4 nitrogen and oxygen atoms in total. The molecule has 0 spiro atoms. The van der Waals surface area contributed by atoms with Gasteiger partial charge in [-0.3, -0.25) is 0 Å². The van der Waals surface area contributed by atoms with Crippen LogP contribution < -0.4 is 0 Å². The van der Waals surface area contributed by atoms with Crippen molar-refractivity contribution in [2.45, 2.75) is 59.2 Å². The van der Waals surface area contributed by atoms with Gasteiger partial charge in [-0.05, 0) is 50.2 Å². The summed E-state index contributed by atoms with van der Waals surface area (Å²) in [4.78, 5) is 12.3. The van der Waals surface area contributed by atoms with Crippen molar-refractivity contribution in [3.63, 3.8) is 0 Å². The molecule has 1 aromatic rings. The van der Waals surface area contributed by atoms with Crippen LogP contribution >= 0.6 is 0 Å². The number of hydrogen-bond acceptors (Lipinski definition) is 4. The maximum Gasteiger partial charge on any atom is 0.342 e. The molecular formula is C19H28O4. The molecule has 1 unspecified atom stereocenters. The standard InChI is InChI=1S/C19H28O4/c1-12(2)14-9-10-19(4,11-17(14)21)13(3)23-18(22)15-7-5-6-8-16(15)20/h5-8,12-14,17,20-21H,9-11H2,1-4H3/t13?,14-,17+,19+/m0/s1. The minimum absolute atomic E-state index is 0.0709. The van der Waals surface area contributed by atoms with E-state index in [4.69, 9.17) is 4.74 Å². The van der Waals surface area contributed by atoms with Crippen molar-refractivity contribution in [1.82, 2.24) is 0 Å². The van der Waals surface area contributed by atoms with Gasteiger partial charge in [0.05, 0.1) is 6.10 Å². The normalized spacial score (nSPS) is 29.3. The lowest BCUT2D eigenvalue weighted by Crippen LogP contribution is -2.44. The predicted molar refractivity (Wildman–Crippen MR) is 89.3 cm³/mol. The molecule has 2 rings (SSSR count). The van der Waals surface area contributed by atoms with Crippen LogP contribution in [0.4, 0.5) is 0 Å². The summed E-state index contributed by atoms with van der Waals surface area (Å²) in [5.74, 6) is 0.175. The Bertz CT molecular complexity index is 554. The van der Waals surface area contributed by atoms with Crippen LogP contribution in [0.2, 0.25) is 0 Å². The minimum Gasteiger partial charge on any atom is -0.507 e. The highest BCUT2D eigenvalue weighted by Gasteiger charge is 2.43. The van der Waals surface area contributed by atoms with Crippen LogP contribution in [0.1, 0.15) is 57.3 Å². The summed E-state index contributed by atoms with van der Waals surface area (Å²) >= 11 is 0. The van der Waals surface area contributed by atoms with E-state index in [2.05, 4.69) is 20.8 Å². The zero-order valence-electron chi connectivity index (χ0n) is 14.5. The molecule has 0 radical (unpaired) electrons. The Morgan fingerprint density at radius 1 is 1.30 bits per heavy atom. The summed E-state index contributed by atoms with van der Waals surface area (Å²) in [6.07, 6.45) is 1.80. The van der Waals surface area contributed by atoms with Gasteiger partial charge < -0.3 is 14.9 Å². The molecule has 1 saturated carbocycles. The Kier molecular flexibility index (Phi) is 5.35. The third-order valence-corrected chi connectivity index (χ3v) is 5.46. The fourth-order valence-corrected chi connectivity index (χ4v) is 3.58. The lowest BCUT2D eigenvalue weighted by molar-refractivity contribution is -0.0706. The third kappa shape index (κ3) is 3.86. The zero-order valence-corrected chi connectivity index (χ0v) is 14.5. The van der Waals surface area contributed by atoms with Crippen LogP contribution in [0.25, 0.3) is 0 Å². The van der Waals surface area contributed by atoms with Crippen molar-refractivity contribution in [2.75, 3.05) is 0 Å². The Labute approximate surface area is 138 Å². The number of aliphatic hydroxyl groups excluding tert-OH is 1. The second-order valence-electron chi connectivity index (χ2n) is 7.44. The van der Waals surface area contributed by atoms with Gasteiger partial charge in [0.25, 0.3) is 0 Å². The van der Waals surface area contributed by atoms with Crippen molar-refractivity contribution in [2.24, 2.45) is 17.3 Å². The molecule has 1 aliphatic carbocycles. The van der Waals surface area contributed by atoms with Gasteiger partial charge in [0.1, 0.15) is 17.4 Å². The molecule has 0 heterocycles. The topological polar surface area (TPSA) is 66.8 Å². The molecule has 23 heavy (non-hydrogen) atoms. The second-order valence-corrected chi connectivity index (χ2v) is 7.44. The number of ether oxygens (including phenoxy) is 1. The van der Waals surface area contributed by atoms with E-state index in [0.717, 1.165) is 12.8 Å². The number of para-hydroxylation sites is 1. The molecule has 0 saturated heterocycles. The first-order chi connectivity index (χ1) is 10.7. The summed E-state index contributed by atoms with van der Waals surface area (Å²) in [6.45, 7) is 8.21. The molecule has 0 aliphatic heterocycles. The monoisotopic (exact) mass is 320 g/mol. The lowest BCUT2D eigenvalue weighted by atomic mass is 9.65. The van der Waals surface area contributed by atoms with Gasteiger partial charge in [-0.15, -0.1) is 0 Å². The smallest absolute Gasteiger partial charge is 0.342 e. The van der Waals surface area contributed by atoms with E-state index in [0.29, 0.717) is 18.3 Å². The van der Waals surface area contributed by atoms with Gasteiger partial charge >= 0.3 is 5.97 Å². The van der Waals surface area contributed by atoms with Crippen LogP contribution in [0, 0.1) is 17.3 Å². The van der Waals surface area contributed by atoms with Gasteiger partial charge in [0, 0.05) is 5.41 Å². The summed E-state index contributed by atoms with van der Waals surface area (Å²) in [5.41, 5.74) is -0.0652. The van der Waals surface area contributed by atoms with E-state index in [1.54, 1.807) is 18.2 Å². The molecule has 128 valence electrons. The van der Waals surface area contributed by atoms with Gasteiger partial charge in [0.2, 0.25) is 0 Å². The largest absolute Gasteiger partial charge is 0.507 e. The molecule has 1 aliphatic rings. The van der Waals surface area contributed by atoms with E-state index < -0.39 is 5.97 Å². The minimum atomic E-state index is -0.516. The first kappa shape index (κ1) is 17.8. The Hall–Kier alpha value is -1.55. The van der Waals surface area contributed by atoms with Gasteiger partial charge in [0.15, 0.2) is 0 Å². The lowest BCUT2D eigenvalue weighted by Gasteiger charge is -2.44. The first-order valence-corrected chi connectivity index (χ1v) is 8.41. The second kappa shape index (κ2) is 6.91. The van der Waals surface area contributed by atoms with Crippen molar-refractivity contribution in [3.05, 3.63) is 29.8 Å². The summed E-state index contributed by atoms with van der Waals surface area (Å²) in [7, 11) is 0. The van der Waals surface area contributed by atoms with Gasteiger partial charge in [-0.1, -0.05) is 32.9 Å². The Morgan fingerprint density at radius 3 is 2.52 bits per heavy atom. The number of aliphatic hydroxyl groups is 1. The first-order valence-electron chi connectivity index (χ1n) is 8.41. The number of phenolic OH excluding ortho intramolecular Hbond substituents is 1. The molecule has 1 aromatic carbocycles. The zero-order chi connectivity index (χ0) is 17.2. The van der Waals surface area contributed by atoms with E-state index in [1.165, 1.54) is 6.07 Å². The highest BCUT2D eigenvalue weighted by Crippen LogP contribution is 2.44. The Balaban J connectivity index is 2.04. The van der Waals surface area contributed by atoms with Crippen molar-refractivity contribution in [1.29, 1.82) is 0 Å². The molecular weight excluding hydrogens is 292 g/mol. The average Bonchev–Trinajstić information content (AvgIpc) is 2.47. The van der Waals surface area contributed by atoms with Crippen LogP contribution in [0.5, 0.6) is 5.75 Å². The predicted octanol–water partition coefficient (Wildman–Crippen LogP) is 3.76. The van der Waals surface area contributed by atoms with Crippen LogP contribution in [0.3, 0.4) is 0 Å². The number of hydrogen-bond donors (Lipinski definition) is 2. The average molecular weight is 320 g/mol. The number of rotatable bonds is 4. The molecule has 0 amide bonds. The van der Waals surface area contributed by atoms with Crippen molar-refractivity contribution in [3.8, 4) is 5.75 Å². The van der Waals surface area contributed by atoms with Gasteiger partial charge in [-0.2, -0.15) is 0 Å².